The van der Waals surface area contributed by atoms with E-state index in [0.717, 1.165) is 36.2 Å². The average Bonchev–Trinajstić information content (AvgIpc) is 3.41. The van der Waals surface area contributed by atoms with E-state index in [1.54, 1.807) is 16.4 Å². The van der Waals surface area contributed by atoms with E-state index >= 15 is 0 Å². The molecule has 1 aliphatic heterocycles. The van der Waals surface area contributed by atoms with Crippen molar-refractivity contribution in [1.82, 2.24) is 9.21 Å². The van der Waals surface area contributed by atoms with Crippen LogP contribution >= 0.6 is 0 Å². The molecule has 184 valence electrons. The van der Waals surface area contributed by atoms with Gasteiger partial charge in [0.1, 0.15) is 0 Å². The highest BCUT2D eigenvalue weighted by Crippen LogP contribution is 2.25. The fraction of sp³-hybridized carbons (Fsp3) is 0.519. The van der Waals surface area contributed by atoms with Gasteiger partial charge in [-0.15, -0.1) is 0 Å². The van der Waals surface area contributed by atoms with Crippen molar-refractivity contribution in [3.8, 4) is 0 Å². The highest BCUT2D eigenvalue weighted by molar-refractivity contribution is 7.89. The molecule has 2 aromatic rings. The number of benzene rings is 2. The maximum Gasteiger partial charge on any atom is 0.243 e. The second-order valence-corrected chi connectivity index (χ2v) is 11.6. The molecule has 0 bridgehead atoms. The van der Waals surface area contributed by atoms with Gasteiger partial charge in [0.05, 0.1) is 4.90 Å². The highest BCUT2D eigenvalue weighted by atomic mass is 32.2. The van der Waals surface area contributed by atoms with Crippen molar-refractivity contribution in [2.24, 2.45) is 0 Å². The molecule has 1 amide bonds. The zero-order chi connectivity index (χ0) is 24.0. The van der Waals surface area contributed by atoms with Crippen LogP contribution in [0.1, 0.15) is 62.5 Å². The molecule has 0 atom stereocenters. The molecular formula is C27H37N3O3S. The molecular weight excluding hydrogens is 446 g/mol. The van der Waals surface area contributed by atoms with Gasteiger partial charge in [-0.2, -0.15) is 4.31 Å². The number of aryl methyl sites for hydroxylation is 1. The lowest BCUT2D eigenvalue weighted by molar-refractivity contribution is -0.116. The molecule has 6 nitrogen and oxygen atoms in total. The molecule has 0 radical (unpaired) electrons. The summed E-state index contributed by atoms with van der Waals surface area (Å²) in [7, 11) is -1.22. The van der Waals surface area contributed by atoms with Gasteiger partial charge in [0.25, 0.3) is 0 Å². The zero-order valence-corrected chi connectivity index (χ0v) is 21.0. The SMILES string of the molecule is CN(Cc1ccccc1NC(=O)CCc1ccc(S(=O)(=O)N2CCCC2)cc1)C1CCCCC1. The van der Waals surface area contributed by atoms with Crippen LogP contribution in [0, 0.1) is 0 Å². The molecule has 0 spiro atoms. The Labute approximate surface area is 204 Å². The first-order chi connectivity index (χ1) is 16.4. The van der Waals surface area contributed by atoms with Crippen molar-refractivity contribution >= 4 is 21.6 Å². The lowest BCUT2D eigenvalue weighted by Crippen LogP contribution is -2.33. The molecule has 1 heterocycles. The maximum atomic E-state index is 12.7. The Balaban J connectivity index is 1.31. The molecule has 2 aliphatic rings. The average molecular weight is 484 g/mol. The minimum atomic E-state index is -3.40. The summed E-state index contributed by atoms with van der Waals surface area (Å²) in [5, 5.41) is 3.09. The second-order valence-electron chi connectivity index (χ2n) is 9.67. The van der Waals surface area contributed by atoms with E-state index in [1.165, 1.54) is 32.1 Å². The molecule has 1 aliphatic carbocycles. The van der Waals surface area contributed by atoms with Crippen LogP contribution in [0.15, 0.2) is 53.4 Å². The van der Waals surface area contributed by atoms with Crippen molar-refractivity contribution in [2.45, 2.75) is 75.3 Å². The quantitative estimate of drug-likeness (QED) is 0.556. The van der Waals surface area contributed by atoms with Gasteiger partial charge in [-0.3, -0.25) is 9.69 Å². The van der Waals surface area contributed by atoms with Crippen LogP contribution in [0.3, 0.4) is 0 Å². The van der Waals surface area contributed by atoms with Crippen LogP contribution in [0.5, 0.6) is 0 Å². The lowest BCUT2D eigenvalue weighted by Gasteiger charge is -2.31. The van der Waals surface area contributed by atoms with Crippen LogP contribution in [-0.4, -0.2) is 49.7 Å². The van der Waals surface area contributed by atoms with Gasteiger partial charge >= 0.3 is 0 Å². The first-order valence-electron chi connectivity index (χ1n) is 12.6. The molecule has 34 heavy (non-hydrogen) atoms. The predicted molar refractivity (Wildman–Crippen MR) is 136 cm³/mol. The van der Waals surface area contributed by atoms with E-state index in [1.807, 2.05) is 30.3 Å². The number of anilines is 1. The van der Waals surface area contributed by atoms with Crippen molar-refractivity contribution in [3.05, 3.63) is 59.7 Å². The Morgan fingerprint density at radius 2 is 1.65 bits per heavy atom. The topological polar surface area (TPSA) is 69.7 Å². The third-order valence-electron chi connectivity index (χ3n) is 7.18. The number of rotatable bonds is 9. The first-order valence-corrected chi connectivity index (χ1v) is 14.0. The maximum absolute atomic E-state index is 12.7. The molecule has 1 saturated carbocycles. The number of hydrogen-bond acceptors (Lipinski definition) is 4. The molecule has 0 aromatic heterocycles. The summed E-state index contributed by atoms with van der Waals surface area (Å²) < 4.78 is 26.9. The van der Waals surface area contributed by atoms with Crippen LogP contribution in [0.2, 0.25) is 0 Å². The number of sulfonamides is 1. The van der Waals surface area contributed by atoms with E-state index in [9.17, 15) is 13.2 Å². The molecule has 0 unspecified atom stereocenters. The van der Waals surface area contributed by atoms with Gasteiger partial charge in [-0.25, -0.2) is 8.42 Å². The van der Waals surface area contributed by atoms with E-state index < -0.39 is 10.0 Å². The van der Waals surface area contributed by atoms with Crippen LogP contribution in [0.4, 0.5) is 5.69 Å². The first kappa shape index (κ1) is 24.9. The van der Waals surface area contributed by atoms with Gasteiger partial charge in [0.15, 0.2) is 0 Å². The molecule has 2 aromatic carbocycles. The number of carbonyl (C=O) groups is 1. The number of nitrogens with one attached hydrogen (secondary N) is 1. The van der Waals surface area contributed by atoms with E-state index in [-0.39, 0.29) is 5.91 Å². The van der Waals surface area contributed by atoms with Crippen molar-refractivity contribution in [2.75, 3.05) is 25.5 Å². The van der Waals surface area contributed by atoms with Crippen molar-refractivity contribution in [1.29, 1.82) is 0 Å². The third-order valence-corrected chi connectivity index (χ3v) is 9.09. The predicted octanol–water partition coefficient (Wildman–Crippen LogP) is 4.81. The minimum Gasteiger partial charge on any atom is -0.326 e. The normalized spacial score (nSPS) is 17.8. The lowest BCUT2D eigenvalue weighted by atomic mass is 9.94. The summed E-state index contributed by atoms with van der Waals surface area (Å²) in [6.45, 7) is 2.03. The Hall–Kier alpha value is -2.22. The van der Waals surface area contributed by atoms with Crippen LogP contribution in [-0.2, 0) is 27.8 Å². The minimum absolute atomic E-state index is 0.0264. The number of para-hydroxylation sites is 1. The Morgan fingerprint density at radius 1 is 0.971 bits per heavy atom. The fourth-order valence-electron chi connectivity index (χ4n) is 5.08. The number of hydrogen-bond donors (Lipinski definition) is 1. The van der Waals surface area contributed by atoms with Gasteiger partial charge in [-0.05, 0) is 68.5 Å². The van der Waals surface area contributed by atoms with Gasteiger partial charge < -0.3 is 5.32 Å². The second kappa shape index (κ2) is 11.5. The summed E-state index contributed by atoms with van der Waals surface area (Å²) in [5.74, 6) is -0.0264. The van der Waals surface area contributed by atoms with Crippen LogP contribution in [0.25, 0.3) is 0 Å². The highest BCUT2D eigenvalue weighted by Gasteiger charge is 2.27. The molecule has 1 saturated heterocycles. The Kier molecular flexibility index (Phi) is 8.40. The van der Waals surface area contributed by atoms with E-state index in [4.69, 9.17) is 0 Å². The summed E-state index contributed by atoms with van der Waals surface area (Å²) in [5.41, 5.74) is 2.98. The Bertz CT molecular complexity index is 1060. The number of nitrogens with zero attached hydrogens (tertiary/aromatic N) is 2. The smallest absolute Gasteiger partial charge is 0.243 e. The monoisotopic (exact) mass is 483 g/mol. The van der Waals surface area contributed by atoms with Gasteiger partial charge in [0.2, 0.25) is 15.9 Å². The summed E-state index contributed by atoms with van der Waals surface area (Å²) in [6.07, 6.45) is 9.22. The molecule has 4 rings (SSSR count). The fourth-order valence-corrected chi connectivity index (χ4v) is 6.59. The van der Waals surface area contributed by atoms with Gasteiger partial charge in [-0.1, -0.05) is 49.6 Å². The third kappa shape index (κ3) is 6.26. The molecule has 7 heteroatoms. The van der Waals surface area contributed by atoms with Crippen molar-refractivity contribution < 1.29 is 13.2 Å². The Morgan fingerprint density at radius 3 is 2.35 bits per heavy atom. The van der Waals surface area contributed by atoms with Gasteiger partial charge in [0, 0.05) is 37.8 Å². The standard InChI is InChI=1S/C27H37N3O3S/c1-29(24-10-3-2-4-11-24)21-23-9-5-6-12-26(23)28-27(31)18-15-22-13-16-25(17-14-22)34(32,33)30-19-7-8-20-30/h5-6,9,12-14,16-17,24H,2-4,7-8,10-11,15,18-21H2,1H3,(H,28,31). The van der Waals surface area contributed by atoms with Crippen LogP contribution < -0.4 is 5.32 Å². The summed E-state index contributed by atoms with van der Waals surface area (Å²) in [4.78, 5) is 15.4. The summed E-state index contributed by atoms with van der Waals surface area (Å²) >= 11 is 0. The molecule has 2 fully saturated rings. The van der Waals surface area contributed by atoms with Crippen molar-refractivity contribution in [3.63, 3.8) is 0 Å². The van der Waals surface area contributed by atoms with E-state index in [0.29, 0.717) is 36.9 Å². The summed E-state index contributed by atoms with van der Waals surface area (Å²) in [6, 6.07) is 15.6. The number of amides is 1. The zero-order valence-electron chi connectivity index (χ0n) is 20.2. The van der Waals surface area contributed by atoms with E-state index in [2.05, 4.69) is 23.3 Å². The number of carbonyl (C=O) groups excluding carboxylic acids is 1. The largest absolute Gasteiger partial charge is 0.326 e. The molecule has 1 N–H and O–H groups in total.